The van der Waals surface area contributed by atoms with Gasteiger partial charge in [-0.2, -0.15) is 0 Å². The van der Waals surface area contributed by atoms with E-state index in [1.54, 1.807) is 0 Å². The molecule has 1 rings (SSSR count). The smallest absolute Gasteiger partial charge is 0.305 e. The zero-order valence-electron chi connectivity index (χ0n) is 9.92. The molecular formula is C12H23NO2. The molecule has 0 bridgehead atoms. The van der Waals surface area contributed by atoms with Crippen LogP contribution in [0.1, 0.15) is 46.0 Å². The maximum Gasteiger partial charge on any atom is 0.305 e. The van der Waals surface area contributed by atoms with Crippen molar-refractivity contribution < 1.29 is 9.53 Å². The molecular weight excluding hydrogens is 190 g/mol. The highest BCUT2D eigenvalue weighted by atomic mass is 16.5. The lowest BCUT2D eigenvalue weighted by molar-refractivity contribution is -0.143. The number of carbonyl (C=O) groups is 1. The molecule has 1 aliphatic carbocycles. The van der Waals surface area contributed by atoms with Gasteiger partial charge in [0.05, 0.1) is 6.61 Å². The molecule has 0 aliphatic heterocycles. The van der Waals surface area contributed by atoms with E-state index in [9.17, 15) is 4.79 Å². The minimum Gasteiger partial charge on any atom is -0.466 e. The highest BCUT2D eigenvalue weighted by molar-refractivity contribution is 5.69. The van der Waals surface area contributed by atoms with Gasteiger partial charge in [-0.15, -0.1) is 0 Å². The molecule has 1 aliphatic rings. The number of hydrogen-bond acceptors (Lipinski definition) is 3. The van der Waals surface area contributed by atoms with Crippen LogP contribution >= 0.6 is 0 Å². The summed E-state index contributed by atoms with van der Waals surface area (Å²) in [5.41, 5.74) is 0. The summed E-state index contributed by atoms with van der Waals surface area (Å²) >= 11 is 0. The Morgan fingerprint density at radius 1 is 1.53 bits per heavy atom. The number of nitrogens with one attached hydrogen (secondary N) is 1. The lowest BCUT2D eigenvalue weighted by Crippen LogP contribution is -2.27. The van der Waals surface area contributed by atoms with E-state index in [1.807, 2.05) is 6.92 Å². The molecule has 3 nitrogen and oxygen atoms in total. The topological polar surface area (TPSA) is 38.3 Å². The van der Waals surface area contributed by atoms with Crippen LogP contribution in [-0.2, 0) is 9.53 Å². The Morgan fingerprint density at radius 2 is 2.27 bits per heavy atom. The first-order valence-electron chi connectivity index (χ1n) is 6.11. The van der Waals surface area contributed by atoms with Crippen LogP contribution < -0.4 is 5.32 Å². The average molecular weight is 213 g/mol. The van der Waals surface area contributed by atoms with E-state index in [0.717, 1.165) is 18.9 Å². The molecule has 0 aromatic heterocycles. The summed E-state index contributed by atoms with van der Waals surface area (Å²) in [5, 5.41) is 3.44. The van der Waals surface area contributed by atoms with Crippen molar-refractivity contribution in [2.45, 2.75) is 52.0 Å². The van der Waals surface area contributed by atoms with Crippen LogP contribution in [-0.4, -0.2) is 25.2 Å². The van der Waals surface area contributed by atoms with Crippen LogP contribution in [0.5, 0.6) is 0 Å². The van der Waals surface area contributed by atoms with Crippen LogP contribution in [0, 0.1) is 5.92 Å². The summed E-state index contributed by atoms with van der Waals surface area (Å²) in [6, 6.07) is 0.597. The maximum atomic E-state index is 11.0. The molecule has 0 saturated heterocycles. The Hall–Kier alpha value is -0.570. The zero-order chi connectivity index (χ0) is 11.1. The van der Waals surface area contributed by atoms with Crippen LogP contribution in [0.3, 0.4) is 0 Å². The van der Waals surface area contributed by atoms with Gasteiger partial charge in [0, 0.05) is 12.5 Å². The lowest BCUT2D eigenvalue weighted by Gasteiger charge is -2.12. The first-order valence-corrected chi connectivity index (χ1v) is 6.11. The predicted molar refractivity (Wildman–Crippen MR) is 60.7 cm³/mol. The highest BCUT2D eigenvalue weighted by Gasteiger charge is 2.23. The second-order valence-corrected chi connectivity index (χ2v) is 4.44. The van der Waals surface area contributed by atoms with Gasteiger partial charge in [-0.25, -0.2) is 0 Å². The number of ether oxygens (including phenoxy) is 1. The number of carbonyl (C=O) groups excluding carboxylic acids is 1. The van der Waals surface area contributed by atoms with Crippen LogP contribution in [0.15, 0.2) is 0 Å². The molecule has 0 aromatic carbocycles. The summed E-state index contributed by atoms with van der Waals surface area (Å²) in [6.45, 7) is 5.48. The maximum absolute atomic E-state index is 11.0. The summed E-state index contributed by atoms with van der Waals surface area (Å²) in [6.07, 6.45) is 5.54. The van der Waals surface area contributed by atoms with Crippen molar-refractivity contribution in [3.05, 3.63) is 0 Å². The summed E-state index contributed by atoms with van der Waals surface area (Å²) in [4.78, 5) is 11.0. The van der Waals surface area contributed by atoms with Crippen molar-refractivity contribution >= 4 is 5.97 Å². The molecule has 3 heteroatoms. The average Bonchev–Trinajstić information content (AvgIpc) is 2.97. The molecule has 0 radical (unpaired) electrons. The molecule has 0 heterocycles. The van der Waals surface area contributed by atoms with Crippen molar-refractivity contribution in [1.29, 1.82) is 0 Å². The minimum atomic E-state index is -0.0749. The minimum absolute atomic E-state index is 0.0749. The largest absolute Gasteiger partial charge is 0.466 e. The fourth-order valence-corrected chi connectivity index (χ4v) is 1.75. The van der Waals surface area contributed by atoms with Gasteiger partial charge >= 0.3 is 5.97 Å². The van der Waals surface area contributed by atoms with E-state index in [1.165, 1.54) is 19.3 Å². The van der Waals surface area contributed by atoms with Crippen molar-refractivity contribution in [2.24, 2.45) is 5.92 Å². The van der Waals surface area contributed by atoms with E-state index >= 15 is 0 Å². The van der Waals surface area contributed by atoms with E-state index < -0.39 is 0 Å². The van der Waals surface area contributed by atoms with Gasteiger partial charge in [-0.3, -0.25) is 4.79 Å². The molecule has 1 fully saturated rings. The van der Waals surface area contributed by atoms with E-state index in [0.29, 0.717) is 19.1 Å². The Morgan fingerprint density at radius 3 is 2.87 bits per heavy atom. The normalized spacial score (nSPS) is 17.5. The Bertz CT molecular complexity index is 190. The van der Waals surface area contributed by atoms with E-state index in [-0.39, 0.29) is 5.97 Å². The van der Waals surface area contributed by atoms with Gasteiger partial charge in [-0.05, 0) is 39.2 Å². The van der Waals surface area contributed by atoms with E-state index in [4.69, 9.17) is 4.74 Å². The van der Waals surface area contributed by atoms with Crippen LogP contribution in [0.4, 0.5) is 0 Å². The van der Waals surface area contributed by atoms with Gasteiger partial charge < -0.3 is 10.1 Å². The molecule has 15 heavy (non-hydrogen) atoms. The number of esters is 1. The SMILES string of the molecule is CCOC(=O)CCCNC(C)CC1CC1. The van der Waals surface area contributed by atoms with Crippen LogP contribution in [0.2, 0.25) is 0 Å². The molecule has 88 valence electrons. The van der Waals surface area contributed by atoms with Crippen molar-refractivity contribution in [1.82, 2.24) is 5.32 Å². The van der Waals surface area contributed by atoms with Crippen molar-refractivity contribution in [2.75, 3.05) is 13.2 Å². The van der Waals surface area contributed by atoms with Gasteiger partial charge in [0.1, 0.15) is 0 Å². The number of rotatable bonds is 8. The third kappa shape index (κ3) is 6.50. The van der Waals surface area contributed by atoms with E-state index in [2.05, 4.69) is 12.2 Å². The summed E-state index contributed by atoms with van der Waals surface area (Å²) < 4.78 is 4.86. The third-order valence-corrected chi connectivity index (χ3v) is 2.74. The predicted octanol–water partition coefficient (Wildman–Crippen LogP) is 2.11. The number of hydrogen-bond donors (Lipinski definition) is 1. The van der Waals surface area contributed by atoms with Gasteiger partial charge in [0.2, 0.25) is 0 Å². The molecule has 1 atom stereocenters. The first kappa shape index (κ1) is 12.5. The third-order valence-electron chi connectivity index (χ3n) is 2.74. The Kier molecular flexibility index (Phi) is 5.69. The molecule has 1 saturated carbocycles. The summed E-state index contributed by atoms with van der Waals surface area (Å²) in [5.74, 6) is 0.895. The monoisotopic (exact) mass is 213 g/mol. The lowest BCUT2D eigenvalue weighted by atomic mass is 10.1. The molecule has 0 amide bonds. The zero-order valence-corrected chi connectivity index (χ0v) is 9.92. The quantitative estimate of drug-likeness (QED) is 0.496. The van der Waals surface area contributed by atoms with Crippen molar-refractivity contribution in [3.63, 3.8) is 0 Å². The molecule has 1 unspecified atom stereocenters. The second kappa shape index (κ2) is 6.83. The van der Waals surface area contributed by atoms with Gasteiger partial charge in [0.25, 0.3) is 0 Å². The Balaban J connectivity index is 1.88. The Labute approximate surface area is 92.6 Å². The fraction of sp³-hybridized carbons (Fsp3) is 0.917. The standard InChI is InChI=1S/C12H23NO2/c1-3-15-12(14)5-4-8-13-10(2)9-11-6-7-11/h10-11,13H,3-9H2,1-2H3. The van der Waals surface area contributed by atoms with Gasteiger partial charge in [0.15, 0.2) is 0 Å². The first-order chi connectivity index (χ1) is 7.22. The molecule has 0 spiro atoms. The molecule has 1 N–H and O–H groups in total. The summed E-state index contributed by atoms with van der Waals surface area (Å²) in [7, 11) is 0. The highest BCUT2D eigenvalue weighted by Crippen LogP contribution is 2.33. The molecule has 0 aromatic rings. The van der Waals surface area contributed by atoms with Gasteiger partial charge in [-0.1, -0.05) is 12.8 Å². The second-order valence-electron chi connectivity index (χ2n) is 4.44. The van der Waals surface area contributed by atoms with Crippen LogP contribution in [0.25, 0.3) is 0 Å². The van der Waals surface area contributed by atoms with Crippen molar-refractivity contribution in [3.8, 4) is 0 Å². The fourth-order valence-electron chi connectivity index (χ4n) is 1.75.